The standard InChI is InChI=1S/C15H24N2O/c1-10-7-13(15(5-6-15)11(2)16)8-12(14(10)18)9-17(3)4/h7-8,11,18H,5-6,9,16H2,1-4H3. The number of phenolic OH excluding ortho intramolecular Hbond substituents is 1. The first kappa shape index (κ1) is 13.4. The molecular formula is C15H24N2O. The van der Waals surface area contributed by atoms with Crippen LogP contribution in [0.25, 0.3) is 0 Å². The lowest BCUT2D eigenvalue weighted by Crippen LogP contribution is -2.31. The first-order valence-corrected chi connectivity index (χ1v) is 6.60. The highest BCUT2D eigenvalue weighted by Crippen LogP contribution is 2.51. The highest BCUT2D eigenvalue weighted by atomic mass is 16.3. The third kappa shape index (κ3) is 2.25. The van der Waals surface area contributed by atoms with Crippen molar-refractivity contribution in [3.8, 4) is 5.75 Å². The Labute approximate surface area is 110 Å². The number of hydrogen-bond donors (Lipinski definition) is 2. The SMILES string of the molecule is Cc1cc(C2(C(C)N)CC2)cc(CN(C)C)c1O. The van der Waals surface area contributed by atoms with E-state index in [2.05, 4.69) is 24.0 Å². The highest BCUT2D eigenvalue weighted by Gasteiger charge is 2.47. The summed E-state index contributed by atoms with van der Waals surface area (Å²) in [6.07, 6.45) is 2.33. The van der Waals surface area contributed by atoms with Crippen LogP contribution < -0.4 is 5.73 Å². The summed E-state index contributed by atoms with van der Waals surface area (Å²) in [5.41, 5.74) is 9.54. The molecular weight excluding hydrogens is 224 g/mol. The van der Waals surface area contributed by atoms with Gasteiger partial charge in [0.1, 0.15) is 5.75 Å². The number of nitrogens with zero attached hydrogens (tertiary/aromatic N) is 1. The number of benzene rings is 1. The van der Waals surface area contributed by atoms with Crippen molar-refractivity contribution in [2.24, 2.45) is 5.73 Å². The van der Waals surface area contributed by atoms with Gasteiger partial charge in [-0.25, -0.2) is 0 Å². The molecule has 1 atom stereocenters. The number of nitrogens with two attached hydrogens (primary N) is 1. The monoisotopic (exact) mass is 248 g/mol. The molecule has 2 rings (SSSR count). The van der Waals surface area contributed by atoms with Gasteiger partial charge < -0.3 is 15.7 Å². The fraction of sp³-hybridized carbons (Fsp3) is 0.600. The molecule has 0 aliphatic heterocycles. The molecule has 0 saturated heterocycles. The molecule has 1 unspecified atom stereocenters. The average molecular weight is 248 g/mol. The fourth-order valence-electron chi connectivity index (χ4n) is 2.74. The summed E-state index contributed by atoms with van der Waals surface area (Å²) in [6, 6.07) is 4.41. The molecule has 3 nitrogen and oxygen atoms in total. The summed E-state index contributed by atoms with van der Waals surface area (Å²) >= 11 is 0. The van der Waals surface area contributed by atoms with Crippen LogP contribution in [0.1, 0.15) is 36.5 Å². The van der Waals surface area contributed by atoms with E-state index in [1.165, 1.54) is 5.56 Å². The quantitative estimate of drug-likeness (QED) is 0.858. The zero-order valence-corrected chi connectivity index (χ0v) is 11.8. The zero-order valence-electron chi connectivity index (χ0n) is 11.8. The molecule has 1 aliphatic carbocycles. The van der Waals surface area contributed by atoms with Crippen LogP contribution in [0, 0.1) is 6.92 Å². The Morgan fingerprint density at radius 3 is 2.44 bits per heavy atom. The second-order valence-electron chi connectivity index (χ2n) is 5.98. The first-order valence-electron chi connectivity index (χ1n) is 6.60. The van der Waals surface area contributed by atoms with E-state index >= 15 is 0 Å². The smallest absolute Gasteiger partial charge is 0.122 e. The van der Waals surface area contributed by atoms with Crippen molar-refractivity contribution in [1.29, 1.82) is 0 Å². The van der Waals surface area contributed by atoms with Crippen molar-refractivity contribution in [2.45, 2.75) is 44.7 Å². The molecule has 3 N–H and O–H groups in total. The van der Waals surface area contributed by atoms with Gasteiger partial charge in [0, 0.05) is 23.6 Å². The van der Waals surface area contributed by atoms with Gasteiger partial charge in [-0.1, -0.05) is 12.1 Å². The van der Waals surface area contributed by atoms with E-state index in [-0.39, 0.29) is 11.5 Å². The van der Waals surface area contributed by atoms with Crippen LogP contribution in [0.4, 0.5) is 0 Å². The summed E-state index contributed by atoms with van der Waals surface area (Å²) in [4.78, 5) is 2.07. The van der Waals surface area contributed by atoms with Crippen LogP contribution in [0.3, 0.4) is 0 Å². The molecule has 18 heavy (non-hydrogen) atoms. The van der Waals surface area contributed by atoms with Crippen molar-refractivity contribution in [3.05, 3.63) is 28.8 Å². The number of aryl methyl sites for hydroxylation is 1. The highest BCUT2D eigenvalue weighted by molar-refractivity contribution is 5.47. The van der Waals surface area contributed by atoms with Gasteiger partial charge in [-0.2, -0.15) is 0 Å². The molecule has 0 spiro atoms. The molecule has 0 bridgehead atoms. The maximum absolute atomic E-state index is 10.1. The minimum atomic E-state index is 0.152. The Hall–Kier alpha value is -1.06. The van der Waals surface area contributed by atoms with E-state index in [1.807, 2.05) is 21.0 Å². The lowest BCUT2D eigenvalue weighted by Gasteiger charge is -2.23. The maximum atomic E-state index is 10.1. The van der Waals surface area contributed by atoms with Gasteiger partial charge in [-0.05, 0) is 51.9 Å². The molecule has 0 amide bonds. The van der Waals surface area contributed by atoms with Crippen LogP contribution in [0.15, 0.2) is 12.1 Å². The maximum Gasteiger partial charge on any atom is 0.122 e. The van der Waals surface area contributed by atoms with E-state index in [9.17, 15) is 5.11 Å². The minimum absolute atomic E-state index is 0.152. The van der Waals surface area contributed by atoms with Gasteiger partial charge in [0.25, 0.3) is 0 Å². The molecule has 100 valence electrons. The molecule has 1 saturated carbocycles. The minimum Gasteiger partial charge on any atom is -0.507 e. The van der Waals surface area contributed by atoms with Crippen molar-refractivity contribution in [1.82, 2.24) is 4.90 Å². The van der Waals surface area contributed by atoms with Crippen LogP contribution in [-0.4, -0.2) is 30.1 Å². The summed E-state index contributed by atoms with van der Waals surface area (Å²) in [7, 11) is 4.03. The van der Waals surface area contributed by atoms with E-state index in [4.69, 9.17) is 5.73 Å². The lowest BCUT2D eigenvalue weighted by atomic mass is 9.87. The molecule has 1 aliphatic rings. The second-order valence-corrected chi connectivity index (χ2v) is 5.98. The first-order chi connectivity index (χ1) is 8.36. The number of rotatable bonds is 4. The summed E-state index contributed by atoms with van der Waals surface area (Å²) < 4.78 is 0. The molecule has 3 heteroatoms. The Morgan fingerprint density at radius 2 is 2.00 bits per heavy atom. The average Bonchev–Trinajstić information content (AvgIpc) is 3.04. The van der Waals surface area contributed by atoms with Gasteiger partial charge in [0.15, 0.2) is 0 Å². The zero-order chi connectivity index (χ0) is 13.5. The van der Waals surface area contributed by atoms with Crippen LogP contribution in [0.2, 0.25) is 0 Å². The molecule has 1 aromatic rings. The number of aromatic hydroxyl groups is 1. The van der Waals surface area contributed by atoms with Crippen molar-refractivity contribution >= 4 is 0 Å². The summed E-state index contributed by atoms with van der Waals surface area (Å²) in [5.74, 6) is 0.424. The van der Waals surface area contributed by atoms with Crippen molar-refractivity contribution < 1.29 is 5.11 Å². The van der Waals surface area contributed by atoms with Crippen LogP contribution in [-0.2, 0) is 12.0 Å². The fourth-order valence-corrected chi connectivity index (χ4v) is 2.74. The molecule has 1 fully saturated rings. The topological polar surface area (TPSA) is 49.5 Å². The third-order valence-electron chi connectivity index (χ3n) is 4.10. The number of phenols is 1. The van der Waals surface area contributed by atoms with Gasteiger partial charge in [0.05, 0.1) is 0 Å². The van der Waals surface area contributed by atoms with E-state index in [0.29, 0.717) is 5.75 Å². The predicted molar refractivity (Wildman–Crippen MR) is 74.8 cm³/mol. The Morgan fingerprint density at radius 1 is 1.39 bits per heavy atom. The Balaban J connectivity index is 2.42. The van der Waals surface area contributed by atoms with Crippen molar-refractivity contribution in [3.63, 3.8) is 0 Å². The molecule has 0 aromatic heterocycles. The van der Waals surface area contributed by atoms with Gasteiger partial charge >= 0.3 is 0 Å². The van der Waals surface area contributed by atoms with Crippen LogP contribution >= 0.6 is 0 Å². The Kier molecular flexibility index (Phi) is 3.39. The van der Waals surface area contributed by atoms with Gasteiger partial charge in [-0.3, -0.25) is 0 Å². The summed E-state index contributed by atoms with van der Waals surface area (Å²) in [6.45, 7) is 4.81. The molecule has 0 radical (unpaired) electrons. The largest absolute Gasteiger partial charge is 0.507 e. The van der Waals surface area contributed by atoms with E-state index in [0.717, 1.165) is 30.5 Å². The van der Waals surface area contributed by atoms with Gasteiger partial charge in [-0.15, -0.1) is 0 Å². The van der Waals surface area contributed by atoms with Crippen molar-refractivity contribution in [2.75, 3.05) is 14.1 Å². The number of hydrogen-bond acceptors (Lipinski definition) is 3. The lowest BCUT2D eigenvalue weighted by molar-refractivity contribution is 0.384. The Bertz CT molecular complexity index is 448. The third-order valence-corrected chi connectivity index (χ3v) is 4.10. The molecule has 0 heterocycles. The summed E-state index contributed by atoms with van der Waals surface area (Å²) in [5, 5.41) is 10.1. The predicted octanol–water partition coefficient (Wildman–Crippen LogP) is 2.14. The van der Waals surface area contributed by atoms with Crippen LogP contribution in [0.5, 0.6) is 5.75 Å². The van der Waals surface area contributed by atoms with Gasteiger partial charge in [0.2, 0.25) is 0 Å². The van der Waals surface area contributed by atoms with E-state index < -0.39 is 0 Å². The molecule has 1 aromatic carbocycles. The second kappa shape index (κ2) is 4.56. The van der Waals surface area contributed by atoms with E-state index in [1.54, 1.807) is 0 Å². The normalized spacial score (nSPS) is 19.0.